The van der Waals surface area contributed by atoms with Crippen LogP contribution in [0.2, 0.25) is 5.28 Å². The van der Waals surface area contributed by atoms with Crippen LogP contribution in [0.15, 0.2) is 24.5 Å². The number of aromatic nitrogens is 3. The molecule has 7 nitrogen and oxygen atoms in total. The van der Waals surface area contributed by atoms with Crippen LogP contribution in [-0.4, -0.2) is 19.9 Å². The molecule has 2 heterocycles. The van der Waals surface area contributed by atoms with Crippen LogP contribution >= 0.6 is 11.6 Å². The van der Waals surface area contributed by atoms with Crippen molar-refractivity contribution in [3.8, 4) is 0 Å². The second-order valence-electron chi connectivity index (χ2n) is 3.90. The predicted octanol–water partition coefficient (Wildman–Crippen LogP) is 2.75. The number of pyridine rings is 1. The number of anilines is 1. The average Bonchev–Trinajstić information content (AvgIpc) is 2.39. The molecule has 20 heavy (non-hydrogen) atoms. The molecule has 1 N–H and O–H groups in total. The third-order valence-electron chi connectivity index (χ3n) is 2.48. The third kappa shape index (κ3) is 3.15. The van der Waals surface area contributed by atoms with E-state index in [9.17, 15) is 14.5 Å². The molecule has 0 bridgehead atoms. The van der Waals surface area contributed by atoms with Gasteiger partial charge in [-0.3, -0.25) is 15.1 Å². The Hall–Kier alpha value is -2.35. The van der Waals surface area contributed by atoms with Gasteiger partial charge in [-0.15, -0.1) is 0 Å². The topological polar surface area (TPSA) is 93.8 Å². The normalized spacial score (nSPS) is 11.9. The minimum Gasteiger partial charge on any atom is -0.356 e. The molecule has 0 aliphatic carbocycles. The van der Waals surface area contributed by atoms with Crippen LogP contribution in [0.5, 0.6) is 0 Å². The van der Waals surface area contributed by atoms with Crippen molar-refractivity contribution in [2.24, 2.45) is 0 Å². The van der Waals surface area contributed by atoms with Crippen molar-refractivity contribution < 1.29 is 9.31 Å². The maximum absolute atomic E-state index is 12.8. The van der Waals surface area contributed by atoms with Gasteiger partial charge in [0.15, 0.2) is 0 Å². The number of nitro groups is 1. The third-order valence-corrected chi connectivity index (χ3v) is 2.67. The highest BCUT2D eigenvalue weighted by molar-refractivity contribution is 6.28. The number of nitrogens with one attached hydrogen (secondary N) is 1. The van der Waals surface area contributed by atoms with Gasteiger partial charge in [-0.05, 0) is 30.7 Å². The summed E-state index contributed by atoms with van der Waals surface area (Å²) in [5.74, 6) is -0.481. The van der Waals surface area contributed by atoms with Crippen molar-refractivity contribution in [3.63, 3.8) is 0 Å². The second-order valence-corrected chi connectivity index (χ2v) is 4.24. The van der Waals surface area contributed by atoms with E-state index in [1.165, 1.54) is 12.1 Å². The van der Waals surface area contributed by atoms with Crippen molar-refractivity contribution in [1.29, 1.82) is 0 Å². The lowest BCUT2D eigenvalue weighted by Crippen LogP contribution is -2.11. The highest BCUT2D eigenvalue weighted by atomic mass is 35.5. The molecule has 1 unspecified atom stereocenters. The largest absolute Gasteiger partial charge is 0.356 e. The smallest absolute Gasteiger partial charge is 0.329 e. The Labute approximate surface area is 118 Å². The number of nitrogens with zero attached hydrogens (tertiary/aromatic N) is 4. The Bertz CT molecular complexity index is 637. The molecule has 0 aromatic carbocycles. The minimum atomic E-state index is -0.622. The number of hydrogen-bond acceptors (Lipinski definition) is 6. The van der Waals surface area contributed by atoms with Crippen LogP contribution < -0.4 is 5.32 Å². The van der Waals surface area contributed by atoms with Crippen LogP contribution in [0.25, 0.3) is 0 Å². The monoisotopic (exact) mass is 297 g/mol. The lowest BCUT2D eigenvalue weighted by atomic mass is 10.2. The summed E-state index contributed by atoms with van der Waals surface area (Å²) in [6.45, 7) is 1.71. The quantitative estimate of drug-likeness (QED) is 0.530. The number of rotatable bonds is 4. The fraction of sp³-hybridized carbons (Fsp3) is 0.182. The van der Waals surface area contributed by atoms with Gasteiger partial charge in [-0.1, -0.05) is 0 Å². The molecule has 0 saturated heterocycles. The van der Waals surface area contributed by atoms with Gasteiger partial charge in [0, 0.05) is 0 Å². The summed E-state index contributed by atoms with van der Waals surface area (Å²) in [5, 5.41) is 13.6. The van der Waals surface area contributed by atoms with Crippen LogP contribution in [-0.2, 0) is 0 Å². The molecule has 104 valence electrons. The highest BCUT2D eigenvalue weighted by Gasteiger charge is 2.19. The van der Waals surface area contributed by atoms with Crippen molar-refractivity contribution >= 4 is 23.1 Å². The van der Waals surface area contributed by atoms with Crippen LogP contribution in [0, 0.1) is 15.9 Å². The van der Waals surface area contributed by atoms with Gasteiger partial charge in [0.05, 0.1) is 22.9 Å². The average molecular weight is 298 g/mol. The number of halogens is 2. The zero-order valence-corrected chi connectivity index (χ0v) is 11.0. The van der Waals surface area contributed by atoms with E-state index < -0.39 is 16.8 Å². The van der Waals surface area contributed by atoms with Gasteiger partial charge < -0.3 is 5.32 Å². The maximum atomic E-state index is 12.8. The van der Waals surface area contributed by atoms with E-state index in [4.69, 9.17) is 11.6 Å². The zero-order valence-electron chi connectivity index (χ0n) is 10.2. The minimum absolute atomic E-state index is 0.0198. The summed E-state index contributed by atoms with van der Waals surface area (Å²) in [5.41, 5.74) is 0.207. The Morgan fingerprint density at radius 1 is 1.40 bits per heavy atom. The molecule has 0 spiro atoms. The van der Waals surface area contributed by atoms with E-state index in [-0.39, 0.29) is 16.8 Å². The Kier molecular flexibility index (Phi) is 4.04. The molecule has 2 aromatic heterocycles. The molecule has 0 amide bonds. The molecule has 2 aromatic rings. The van der Waals surface area contributed by atoms with E-state index in [0.717, 1.165) is 12.4 Å². The summed E-state index contributed by atoms with van der Waals surface area (Å²) in [4.78, 5) is 21.5. The summed E-state index contributed by atoms with van der Waals surface area (Å²) in [6, 6.07) is 2.31. The van der Waals surface area contributed by atoms with Crippen molar-refractivity contribution in [2.75, 3.05) is 5.32 Å². The Morgan fingerprint density at radius 3 is 2.75 bits per heavy atom. The molecule has 9 heteroatoms. The molecule has 0 aliphatic heterocycles. The van der Waals surface area contributed by atoms with Crippen molar-refractivity contribution in [3.05, 3.63) is 51.4 Å². The highest BCUT2D eigenvalue weighted by Crippen LogP contribution is 2.25. The lowest BCUT2D eigenvalue weighted by molar-refractivity contribution is -0.384. The summed E-state index contributed by atoms with van der Waals surface area (Å²) in [7, 11) is 0. The fourth-order valence-electron chi connectivity index (χ4n) is 1.52. The number of hydrogen-bond donors (Lipinski definition) is 1. The Morgan fingerprint density at radius 2 is 2.15 bits per heavy atom. The molecule has 1 atom stereocenters. The van der Waals surface area contributed by atoms with Crippen molar-refractivity contribution in [1.82, 2.24) is 15.0 Å². The van der Waals surface area contributed by atoms with E-state index in [1.54, 1.807) is 6.92 Å². The van der Waals surface area contributed by atoms with Crippen molar-refractivity contribution in [2.45, 2.75) is 13.0 Å². The predicted molar refractivity (Wildman–Crippen MR) is 69.9 cm³/mol. The van der Waals surface area contributed by atoms with Gasteiger partial charge in [0.2, 0.25) is 11.1 Å². The molecular formula is C11H9ClFN5O2. The molecule has 0 aliphatic rings. The van der Waals surface area contributed by atoms with E-state index >= 15 is 0 Å². The molecule has 2 rings (SSSR count). The summed E-state index contributed by atoms with van der Waals surface area (Å²) >= 11 is 5.62. The molecule has 0 radical (unpaired) electrons. The first kappa shape index (κ1) is 14.1. The van der Waals surface area contributed by atoms with Gasteiger partial charge in [0.25, 0.3) is 0 Å². The van der Waals surface area contributed by atoms with E-state index in [0.29, 0.717) is 5.69 Å². The van der Waals surface area contributed by atoms with Crippen LogP contribution in [0.4, 0.5) is 15.9 Å². The van der Waals surface area contributed by atoms with Gasteiger partial charge in [-0.2, -0.15) is 4.98 Å². The summed E-state index contributed by atoms with van der Waals surface area (Å²) in [6.07, 6.45) is 2.08. The first-order valence-corrected chi connectivity index (χ1v) is 5.90. The van der Waals surface area contributed by atoms with Gasteiger partial charge >= 0.3 is 5.69 Å². The zero-order chi connectivity index (χ0) is 14.7. The maximum Gasteiger partial charge on any atom is 0.329 e. The first-order chi connectivity index (χ1) is 9.47. The van der Waals surface area contributed by atoms with Gasteiger partial charge in [0.1, 0.15) is 12.0 Å². The summed E-state index contributed by atoms with van der Waals surface area (Å²) < 4.78 is 12.8. The molecule has 0 fully saturated rings. The standard InChI is InChI=1S/C11H9ClFN5O2/c1-6(8-3-2-7(13)4-14-8)16-10-9(18(19)20)5-15-11(12)17-10/h2-6H,1H3,(H,15,16,17). The van der Waals surface area contributed by atoms with E-state index in [1.807, 2.05) is 0 Å². The van der Waals surface area contributed by atoms with E-state index in [2.05, 4.69) is 20.3 Å². The van der Waals surface area contributed by atoms with Gasteiger partial charge in [-0.25, -0.2) is 9.37 Å². The second kappa shape index (κ2) is 5.74. The first-order valence-electron chi connectivity index (χ1n) is 5.52. The fourth-order valence-corrected chi connectivity index (χ4v) is 1.65. The molecular weight excluding hydrogens is 289 g/mol. The van der Waals surface area contributed by atoms with Crippen LogP contribution in [0.1, 0.15) is 18.7 Å². The molecule has 0 saturated carbocycles. The Balaban J connectivity index is 2.27. The van der Waals surface area contributed by atoms with Crippen LogP contribution in [0.3, 0.4) is 0 Å². The lowest BCUT2D eigenvalue weighted by Gasteiger charge is -2.13. The SMILES string of the molecule is CC(Nc1nc(Cl)ncc1[N+](=O)[O-])c1ccc(F)cn1.